The molecule has 0 aromatic heterocycles. The van der Waals surface area contributed by atoms with Gasteiger partial charge in [-0.2, -0.15) is 0 Å². The molecular formula is C36H74N2O4. The van der Waals surface area contributed by atoms with Crippen LogP contribution in [0.25, 0.3) is 0 Å². The fraction of sp³-hybridized carbons (Fsp3) is 1.00. The molecule has 1 rings (SSSR count). The second-order valence-corrected chi connectivity index (χ2v) is 12.5. The van der Waals surface area contributed by atoms with Crippen molar-refractivity contribution in [3.63, 3.8) is 0 Å². The first-order valence-corrected chi connectivity index (χ1v) is 18.6. The van der Waals surface area contributed by atoms with Crippen molar-refractivity contribution in [2.45, 2.75) is 142 Å². The van der Waals surface area contributed by atoms with Crippen LogP contribution in [0.1, 0.15) is 142 Å². The van der Waals surface area contributed by atoms with Crippen molar-refractivity contribution < 1.29 is 18.9 Å². The van der Waals surface area contributed by atoms with E-state index in [0.717, 1.165) is 65.7 Å². The Bertz CT molecular complexity index is 447. The molecule has 1 heterocycles. The van der Waals surface area contributed by atoms with E-state index in [-0.39, 0.29) is 0 Å². The summed E-state index contributed by atoms with van der Waals surface area (Å²) < 4.78 is 23.7. The first-order chi connectivity index (χ1) is 20.9. The second kappa shape index (κ2) is 33.6. The summed E-state index contributed by atoms with van der Waals surface area (Å²) in [6.07, 6.45) is 27.6. The third-order valence-electron chi connectivity index (χ3n) is 8.61. The van der Waals surface area contributed by atoms with Gasteiger partial charge in [-0.15, -0.1) is 0 Å². The first kappa shape index (κ1) is 39.8. The highest BCUT2D eigenvalue weighted by Gasteiger charge is 2.08. The monoisotopic (exact) mass is 599 g/mol. The Morgan fingerprint density at radius 2 is 0.548 bits per heavy atom. The zero-order valence-electron chi connectivity index (χ0n) is 28.6. The first-order valence-electron chi connectivity index (χ1n) is 18.6. The molecule has 6 nitrogen and oxygen atoms in total. The minimum Gasteiger partial charge on any atom is -0.378 e. The summed E-state index contributed by atoms with van der Waals surface area (Å²) in [5.41, 5.74) is 0. The summed E-state index contributed by atoms with van der Waals surface area (Å²) in [6, 6.07) is 0. The van der Waals surface area contributed by atoms with Crippen LogP contribution < -0.4 is 0 Å². The van der Waals surface area contributed by atoms with Crippen LogP contribution in [-0.4, -0.2) is 102 Å². The fourth-order valence-electron chi connectivity index (χ4n) is 5.74. The van der Waals surface area contributed by atoms with Gasteiger partial charge in [-0.3, -0.25) is 9.80 Å². The summed E-state index contributed by atoms with van der Waals surface area (Å²) >= 11 is 0. The van der Waals surface area contributed by atoms with E-state index in [0.29, 0.717) is 26.4 Å². The number of nitrogens with zero attached hydrogens (tertiary/aromatic N) is 2. The Morgan fingerprint density at radius 1 is 0.310 bits per heavy atom. The lowest BCUT2D eigenvalue weighted by atomic mass is 10.1. The van der Waals surface area contributed by atoms with Crippen molar-refractivity contribution in [2.75, 3.05) is 92.1 Å². The van der Waals surface area contributed by atoms with Crippen LogP contribution in [0.15, 0.2) is 0 Å². The third kappa shape index (κ3) is 28.5. The van der Waals surface area contributed by atoms with Crippen LogP contribution in [0.4, 0.5) is 0 Å². The maximum absolute atomic E-state index is 5.93. The predicted octanol–water partition coefficient (Wildman–Crippen LogP) is 8.51. The van der Waals surface area contributed by atoms with Crippen LogP contribution >= 0.6 is 0 Å². The molecule has 1 aliphatic heterocycles. The van der Waals surface area contributed by atoms with E-state index in [1.54, 1.807) is 0 Å². The molecule has 1 aliphatic rings. The Hall–Kier alpha value is -0.240. The van der Waals surface area contributed by atoms with Crippen LogP contribution in [0.5, 0.6) is 0 Å². The number of ether oxygens (including phenoxy) is 4. The standard InChI is InChI=1S/C36H74N2O4/c1-3-5-7-9-11-13-15-17-19-21-23-37-25-29-39-33-35-41-31-27-38(28-32-42-36-34-40-30-26-37)24-22-20-18-16-14-12-10-8-6-4-2/h3-36H2,1-2H3. The average Bonchev–Trinajstić information content (AvgIpc) is 3.00. The van der Waals surface area contributed by atoms with Gasteiger partial charge in [0, 0.05) is 26.2 Å². The van der Waals surface area contributed by atoms with Gasteiger partial charge in [-0.05, 0) is 25.9 Å². The number of hydrogen-bond acceptors (Lipinski definition) is 6. The minimum atomic E-state index is 0.685. The summed E-state index contributed by atoms with van der Waals surface area (Å²) in [4.78, 5) is 5.03. The summed E-state index contributed by atoms with van der Waals surface area (Å²) in [7, 11) is 0. The van der Waals surface area contributed by atoms with Crippen molar-refractivity contribution in [1.82, 2.24) is 9.80 Å². The molecular weight excluding hydrogens is 524 g/mol. The normalized spacial score (nSPS) is 18.1. The molecule has 0 amide bonds. The summed E-state index contributed by atoms with van der Waals surface area (Å²) in [5, 5.41) is 0. The highest BCUT2D eigenvalue weighted by Crippen LogP contribution is 2.12. The lowest BCUT2D eigenvalue weighted by Gasteiger charge is -2.23. The van der Waals surface area contributed by atoms with E-state index in [4.69, 9.17) is 18.9 Å². The Balaban J connectivity index is 2.16. The number of rotatable bonds is 22. The van der Waals surface area contributed by atoms with Gasteiger partial charge in [0.25, 0.3) is 0 Å². The number of hydrogen-bond donors (Lipinski definition) is 0. The largest absolute Gasteiger partial charge is 0.378 e. The van der Waals surface area contributed by atoms with Crippen molar-refractivity contribution in [2.24, 2.45) is 0 Å². The highest BCUT2D eigenvalue weighted by atomic mass is 16.5. The summed E-state index contributed by atoms with van der Waals surface area (Å²) in [5.74, 6) is 0. The molecule has 0 N–H and O–H groups in total. The molecule has 0 radical (unpaired) electrons. The maximum atomic E-state index is 5.93. The molecule has 0 aliphatic carbocycles. The van der Waals surface area contributed by atoms with E-state index in [1.807, 2.05) is 0 Å². The minimum absolute atomic E-state index is 0.685. The predicted molar refractivity (Wildman–Crippen MR) is 180 cm³/mol. The molecule has 0 aromatic rings. The highest BCUT2D eigenvalue weighted by molar-refractivity contribution is 4.61. The zero-order valence-corrected chi connectivity index (χ0v) is 28.6. The molecule has 6 heteroatoms. The lowest BCUT2D eigenvalue weighted by Crippen LogP contribution is -2.34. The van der Waals surface area contributed by atoms with Gasteiger partial charge in [0.15, 0.2) is 0 Å². The molecule has 1 fully saturated rings. The molecule has 0 aromatic carbocycles. The van der Waals surface area contributed by atoms with E-state index >= 15 is 0 Å². The van der Waals surface area contributed by atoms with E-state index in [1.165, 1.54) is 128 Å². The SMILES string of the molecule is CCCCCCCCCCCCN1CCOCCOCCN(CCCCCCCCCCCC)CCOCCOCC1. The molecule has 1 saturated heterocycles. The topological polar surface area (TPSA) is 43.4 Å². The van der Waals surface area contributed by atoms with Gasteiger partial charge in [0.2, 0.25) is 0 Å². The van der Waals surface area contributed by atoms with Crippen molar-refractivity contribution in [3.8, 4) is 0 Å². The van der Waals surface area contributed by atoms with E-state index in [2.05, 4.69) is 23.6 Å². The quantitative estimate of drug-likeness (QED) is 0.116. The maximum Gasteiger partial charge on any atom is 0.0701 e. The van der Waals surface area contributed by atoms with Crippen LogP contribution in [0.2, 0.25) is 0 Å². The molecule has 0 spiro atoms. The number of unbranched alkanes of at least 4 members (excludes halogenated alkanes) is 18. The van der Waals surface area contributed by atoms with Gasteiger partial charge < -0.3 is 18.9 Å². The van der Waals surface area contributed by atoms with Gasteiger partial charge >= 0.3 is 0 Å². The summed E-state index contributed by atoms with van der Waals surface area (Å²) in [6.45, 7) is 16.6. The Labute approximate surface area is 262 Å². The van der Waals surface area contributed by atoms with Gasteiger partial charge in [0.05, 0.1) is 52.9 Å². The van der Waals surface area contributed by atoms with Gasteiger partial charge in [-0.25, -0.2) is 0 Å². The Kier molecular flexibility index (Phi) is 31.9. The second-order valence-electron chi connectivity index (χ2n) is 12.5. The van der Waals surface area contributed by atoms with Crippen LogP contribution in [-0.2, 0) is 18.9 Å². The molecule has 252 valence electrons. The van der Waals surface area contributed by atoms with Gasteiger partial charge in [-0.1, -0.05) is 129 Å². The third-order valence-corrected chi connectivity index (χ3v) is 8.61. The zero-order chi connectivity index (χ0) is 30.0. The molecule has 42 heavy (non-hydrogen) atoms. The molecule has 0 unspecified atom stereocenters. The van der Waals surface area contributed by atoms with Crippen molar-refractivity contribution in [1.29, 1.82) is 0 Å². The van der Waals surface area contributed by atoms with Crippen LogP contribution in [0, 0.1) is 0 Å². The average molecular weight is 599 g/mol. The fourth-order valence-corrected chi connectivity index (χ4v) is 5.74. The van der Waals surface area contributed by atoms with Crippen molar-refractivity contribution in [3.05, 3.63) is 0 Å². The smallest absolute Gasteiger partial charge is 0.0701 e. The van der Waals surface area contributed by atoms with E-state index in [9.17, 15) is 0 Å². The molecule has 0 saturated carbocycles. The molecule has 0 bridgehead atoms. The molecule has 0 atom stereocenters. The van der Waals surface area contributed by atoms with Crippen LogP contribution in [0.3, 0.4) is 0 Å². The van der Waals surface area contributed by atoms with Crippen molar-refractivity contribution >= 4 is 0 Å². The lowest BCUT2D eigenvalue weighted by molar-refractivity contribution is 0.00776. The Morgan fingerprint density at radius 3 is 0.810 bits per heavy atom. The van der Waals surface area contributed by atoms with E-state index < -0.39 is 0 Å². The van der Waals surface area contributed by atoms with Gasteiger partial charge in [0.1, 0.15) is 0 Å².